The van der Waals surface area contributed by atoms with Crippen molar-refractivity contribution in [1.82, 2.24) is 15.0 Å². The van der Waals surface area contributed by atoms with Gasteiger partial charge < -0.3 is 20.5 Å². The van der Waals surface area contributed by atoms with Crippen LogP contribution in [0.4, 0.5) is 11.9 Å². The summed E-state index contributed by atoms with van der Waals surface area (Å²) in [6.45, 7) is 7.55. The van der Waals surface area contributed by atoms with Gasteiger partial charge in [-0.15, -0.1) is 0 Å². The average molecular weight is 281 g/mol. The Morgan fingerprint density at radius 3 is 2.90 bits per heavy atom. The van der Waals surface area contributed by atoms with E-state index in [-0.39, 0.29) is 18.1 Å². The molecule has 2 heterocycles. The van der Waals surface area contributed by atoms with Gasteiger partial charge in [-0.25, -0.2) is 0 Å². The van der Waals surface area contributed by atoms with Gasteiger partial charge in [0.2, 0.25) is 11.9 Å². The first-order valence-corrected chi connectivity index (χ1v) is 7.12. The van der Waals surface area contributed by atoms with Crippen molar-refractivity contribution >= 4 is 11.9 Å². The van der Waals surface area contributed by atoms with E-state index in [0.29, 0.717) is 18.0 Å². The van der Waals surface area contributed by atoms with Crippen molar-refractivity contribution < 1.29 is 9.47 Å². The lowest BCUT2D eigenvalue weighted by atomic mass is 10.00. The SMILES string of the molecule is CCC1OCCC1CNc1nc(N)nc(OC(C)C)n1. The number of hydrogen-bond acceptors (Lipinski definition) is 7. The number of ether oxygens (including phenoxy) is 2. The Labute approximate surface area is 119 Å². The van der Waals surface area contributed by atoms with E-state index >= 15 is 0 Å². The summed E-state index contributed by atoms with van der Waals surface area (Å²) in [7, 11) is 0. The number of hydrogen-bond donors (Lipinski definition) is 2. The van der Waals surface area contributed by atoms with Crippen molar-refractivity contribution in [2.75, 3.05) is 24.2 Å². The first kappa shape index (κ1) is 14.8. The fourth-order valence-electron chi connectivity index (χ4n) is 2.31. The highest BCUT2D eigenvalue weighted by Crippen LogP contribution is 2.23. The largest absolute Gasteiger partial charge is 0.461 e. The molecule has 1 aliphatic rings. The summed E-state index contributed by atoms with van der Waals surface area (Å²) in [6.07, 6.45) is 2.39. The summed E-state index contributed by atoms with van der Waals surface area (Å²) >= 11 is 0. The van der Waals surface area contributed by atoms with Crippen LogP contribution in [0.1, 0.15) is 33.6 Å². The molecule has 0 amide bonds. The molecule has 2 unspecified atom stereocenters. The monoisotopic (exact) mass is 281 g/mol. The minimum absolute atomic E-state index is 0.00245. The third-order valence-corrected chi connectivity index (χ3v) is 3.24. The Kier molecular flexibility index (Phi) is 4.94. The van der Waals surface area contributed by atoms with Crippen LogP contribution in [0.25, 0.3) is 0 Å². The topological polar surface area (TPSA) is 95.2 Å². The highest BCUT2D eigenvalue weighted by Gasteiger charge is 2.26. The van der Waals surface area contributed by atoms with Crippen LogP contribution in [-0.2, 0) is 4.74 Å². The molecule has 7 heteroatoms. The van der Waals surface area contributed by atoms with E-state index in [4.69, 9.17) is 15.2 Å². The predicted molar refractivity (Wildman–Crippen MR) is 76.6 cm³/mol. The first-order chi connectivity index (χ1) is 9.58. The van der Waals surface area contributed by atoms with Gasteiger partial charge in [0.15, 0.2) is 0 Å². The third kappa shape index (κ3) is 3.93. The lowest BCUT2D eigenvalue weighted by Gasteiger charge is -2.17. The standard InChI is InChI=1S/C13H23N5O2/c1-4-10-9(5-6-19-10)7-15-12-16-11(14)17-13(18-12)20-8(2)3/h8-10H,4-7H2,1-3H3,(H3,14,15,16,17,18). The summed E-state index contributed by atoms with van der Waals surface area (Å²) in [6, 6.07) is 0.254. The van der Waals surface area contributed by atoms with Crippen LogP contribution in [0.2, 0.25) is 0 Å². The summed E-state index contributed by atoms with van der Waals surface area (Å²) < 4.78 is 11.1. The van der Waals surface area contributed by atoms with Gasteiger partial charge in [-0.2, -0.15) is 15.0 Å². The number of anilines is 2. The molecule has 1 fully saturated rings. The number of nitrogens with two attached hydrogens (primary N) is 1. The molecule has 3 N–H and O–H groups in total. The smallest absolute Gasteiger partial charge is 0.323 e. The average Bonchev–Trinajstić information content (AvgIpc) is 2.82. The predicted octanol–water partition coefficient (Wildman–Crippen LogP) is 1.47. The minimum atomic E-state index is -0.00245. The highest BCUT2D eigenvalue weighted by molar-refractivity contribution is 5.32. The molecule has 2 atom stereocenters. The molecule has 0 spiro atoms. The molecule has 1 saturated heterocycles. The molecule has 0 radical (unpaired) electrons. The number of rotatable bonds is 6. The Morgan fingerprint density at radius 1 is 1.40 bits per heavy atom. The quantitative estimate of drug-likeness (QED) is 0.815. The molecular weight excluding hydrogens is 258 g/mol. The van der Waals surface area contributed by atoms with Crippen molar-refractivity contribution in [2.45, 2.75) is 45.8 Å². The first-order valence-electron chi connectivity index (χ1n) is 7.12. The van der Waals surface area contributed by atoms with E-state index in [9.17, 15) is 0 Å². The number of nitrogens with zero attached hydrogens (tertiary/aromatic N) is 3. The van der Waals surface area contributed by atoms with Gasteiger partial charge in [-0.05, 0) is 26.7 Å². The van der Waals surface area contributed by atoms with E-state index in [0.717, 1.165) is 26.0 Å². The maximum atomic E-state index is 5.67. The molecule has 0 aromatic carbocycles. The maximum Gasteiger partial charge on any atom is 0.323 e. The van der Waals surface area contributed by atoms with E-state index in [1.54, 1.807) is 0 Å². The zero-order valence-corrected chi connectivity index (χ0v) is 12.3. The van der Waals surface area contributed by atoms with Gasteiger partial charge >= 0.3 is 6.01 Å². The normalized spacial score (nSPS) is 22.2. The molecule has 0 bridgehead atoms. The van der Waals surface area contributed by atoms with Gasteiger partial charge in [0.05, 0.1) is 12.2 Å². The summed E-state index contributed by atoms with van der Waals surface area (Å²) in [4.78, 5) is 12.2. The second-order valence-electron chi connectivity index (χ2n) is 5.21. The number of nitrogens with one attached hydrogen (secondary N) is 1. The molecule has 112 valence electrons. The summed E-state index contributed by atoms with van der Waals surface area (Å²) in [5, 5.41) is 3.20. The molecule has 1 aromatic rings. The summed E-state index contributed by atoms with van der Waals surface area (Å²) in [5.74, 6) is 1.09. The van der Waals surface area contributed by atoms with Crippen LogP contribution in [0.5, 0.6) is 6.01 Å². The molecule has 1 aliphatic heterocycles. The Hall–Kier alpha value is -1.63. The zero-order valence-electron chi connectivity index (χ0n) is 12.3. The molecule has 2 rings (SSSR count). The van der Waals surface area contributed by atoms with Crippen molar-refractivity contribution in [3.05, 3.63) is 0 Å². The van der Waals surface area contributed by atoms with Crippen LogP contribution in [0, 0.1) is 5.92 Å². The van der Waals surface area contributed by atoms with Gasteiger partial charge in [-0.3, -0.25) is 0 Å². The van der Waals surface area contributed by atoms with Crippen LogP contribution in [0.3, 0.4) is 0 Å². The highest BCUT2D eigenvalue weighted by atomic mass is 16.5. The van der Waals surface area contributed by atoms with Crippen LogP contribution in [0.15, 0.2) is 0 Å². The number of nitrogen functional groups attached to an aromatic ring is 1. The van der Waals surface area contributed by atoms with Crippen molar-refractivity contribution in [3.63, 3.8) is 0 Å². The van der Waals surface area contributed by atoms with E-state index in [2.05, 4.69) is 27.2 Å². The van der Waals surface area contributed by atoms with Crippen LogP contribution < -0.4 is 15.8 Å². The summed E-state index contributed by atoms with van der Waals surface area (Å²) in [5.41, 5.74) is 5.67. The Morgan fingerprint density at radius 2 is 2.20 bits per heavy atom. The maximum absolute atomic E-state index is 5.67. The molecular formula is C13H23N5O2. The van der Waals surface area contributed by atoms with Crippen LogP contribution in [-0.4, -0.2) is 40.3 Å². The third-order valence-electron chi connectivity index (χ3n) is 3.24. The van der Waals surface area contributed by atoms with Crippen LogP contribution >= 0.6 is 0 Å². The molecule has 0 aliphatic carbocycles. The van der Waals surface area contributed by atoms with Gasteiger partial charge in [0.1, 0.15) is 0 Å². The molecule has 1 aromatic heterocycles. The van der Waals surface area contributed by atoms with E-state index in [1.165, 1.54) is 0 Å². The van der Waals surface area contributed by atoms with Crippen molar-refractivity contribution in [3.8, 4) is 6.01 Å². The van der Waals surface area contributed by atoms with E-state index in [1.807, 2.05) is 13.8 Å². The van der Waals surface area contributed by atoms with Gasteiger partial charge in [-0.1, -0.05) is 6.92 Å². The Bertz CT molecular complexity index is 441. The van der Waals surface area contributed by atoms with E-state index < -0.39 is 0 Å². The fourth-order valence-corrected chi connectivity index (χ4v) is 2.31. The molecule has 20 heavy (non-hydrogen) atoms. The lowest BCUT2D eigenvalue weighted by Crippen LogP contribution is -2.24. The van der Waals surface area contributed by atoms with Crippen molar-refractivity contribution in [2.24, 2.45) is 5.92 Å². The number of aromatic nitrogens is 3. The minimum Gasteiger partial charge on any atom is -0.461 e. The van der Waals surface area contributed by atoms with Gasteiger partial charge in [0.25, 0.3) is 0 Å². The van der Waals surface area contributed by atoms with Crippen molar-refractivity contribution in [1.29, 1.82) is 0 Å². The molecule has 7 nitrogen and oxygen atoms in total. The Balaban J connectivity index is 1.96. The second kappa shape index (κ2) is 6.69. The lowest BCUT2D eigenvalue weighted by molar-refractivity contribution is 0.0900. The van der Waals surface area contributed by atoms with Gasteiger partial charge in [0, 0.05) is 19.1 Å². The zero-order chi connectivity index (χ0) is 14.5. The second-order valence-corrected chi connectivity index (χ2v) is 5.21. The fraction of sp³-hybridized carbons (Fsp3) is 0.769. The molecule has 0 saturated carbocycles.